The average Bonchev–Trinajstić information content (AvgIpc) is 2.56. The molecule has 4 heteroatoms. The smallest absolute Gasteiger partial charge is 0.255 e. The second-order valence-corrected chi connectivity index (χ2v) is 5.88. The van der Waals surface area contributed by atoms with Gasteiger partial charge < -0.3 is 5.32 Å². The molecule has 0 spiro atoms. The van der Waals surface area contributed by atoms with Gasteiger partial charge in [-0.3, -0.25) is 9.69 Å². The van der Waals surface area contributed by atoms with Crippen LogP contribution in [0, 0.1) is 13.8 Å². The summed E-state index contributed by atoms with van der Waals surface area (Å²) < 4.78 is 0. The molecule has 1 N–H and O–H groups in total. The molecule has 2 rings (SSSR count). The number of aryl methyl sites for hydroxylation is 2. The van der Waals surface area contributed by atoms with Gasteiger partial charge in [-0.05, 0) is 55.8 Å². The van der Waals surface area contributed by atoms with E-state index >= 15 is 0 Å². The zero-order valence-electron chi connectivity index (χ0n) is 14.9. The molecule has 0 aromatic heterocycles. The summed E-state index contributed by atoms with van der Waals surface area (Å²) in [5.74, 6) is -0.0520. The van der Waals surface area contributed by atoms with Crippen LogP contribution in [0.25, 0.3) is 0 Å². The molecular formula is C20H27ClN2O. The second kappa shape index (κ2) is 9.45. The molecule has 0 aliphatic carbocycles. The number of benzene rings is 2. The van der Waals surface area contributed by atoms with Crippen molar-refractivity contribution in [2.45, 2.75) is 34.2 Å². The van der Waals surface area contributed by atoms with Crippen LogP contribution >= 0.6 is 12.4 Å². The van der Waals surface area contributed by atoms with E-state index in [1.54, 1.807) is 0 Å². The Labute approximate surface area is 151 Å². The number of carbonyl (C=O) groups is 1. The first-order valence-corrected chi connectivity index (χ1v) is 8.24. The van der Waals surface area contributed by atoms with Gasteiger partial charge in [0.1, 0.15) is 0 Å². The minimum absolute atomic E-state index is 0. The number of hydrogen-bond donors (Lipinski definition) is 1. The maximum atomic E-state index is 12.6. The van der Waals surface area contributed by atoms with Crippen LogP contribution < -0.4 is 5.32 Å². The van der Waals surface area contributed by atoms with Gasteiger partial charge in [0.15, 0.2) is 0 Å². The van der Waals surface area contributed by atoms with E-state index in [0.29, 0.717) is 5.56 Å². The van der Waals surface area contributed by atoms with Crippen molar-refractivity contribution in [2.75, 3.05) is 18.4 Å². The molecule has 0 radical (unpaired) electrons. The van der Waals surface area contributed by atoms with Gasteiger partial charge in [0, 0.05) is 17.8 Å². The quantitative estimate of drug-likeness (QED) is 0.813. The van der Waals surface area contributed by atoms with E-state index in [-0.39, 0.29) is 18.3 Å². The van der Waals surface area contributed by atoms with Gasteiger partial charge >= 0.3 is 0 Å². The third kappa shape index (κ3) is 5.08. The lowest BCUT2D eigenvalue weighted by atomic mass is 10.1. The summed E-state index contributed by atoms with van der Waals surface area (Å²) in [6.45, 7) is 11.2. The lowest BCUT2D eigenvalue weighted by molar-refractivity contribution is 0.102. The highest BCUT2D eigenvalue weighted by Crippen LogP contribution is 2.20. The summed E-state index contributed by atoms with van der Waals surface area (Å²) in [6, 6.07) is 13.9. The third-order valence-electron chi connectivity index (χ3n) is 4.21. The highest BCUT2D eigenvalue weighted by molar-refractivity contribution is 6.05. The summed E-state index contributed by atoms with van der Waals surface area (Å²) in [7, 11) is 0. The third-order valence-corrected chi connectivity index (χ3v) is 4.21. The maximum absolute atomic E-state index is 12.6. The summed E-state index contributed by atoms with van der Waals surface area (Å²) in [5.41, 5.74) is 4.95. The summed E-state index contributed by atoms with van der Waals surface area (Å²) in [5, 5.41) is 3.05. The van der Waals surface area contributed by atoms with E-state index in [1.807, 2.05) is 50.2 Å². The van der Waals surface area contributed by atoms with Crippen molar-refractivity contribution in [1.29, 1.82) is 0 Å². The maximum Gasteiger partial charge on any atom is 0.255 e. The van der Waals surface area contributed by atoms with Crippen LogP contribution in [0.5, 0.6) is 0 Å². The van der Waals surface area contributed by atoms with Crippen LogP contribution in [0.4, 0.5) is 5.69 Å². The van der Waals surface area contributed by atoms with Gasteiger partial charge in [-0.1, -0.05) is 44.2 Å². The first kappa shape index (κ1) is 20.2. The summed E-state index contributed by atoms with van der Waals surface area (Å²) in [4.78, 5) is 14.9. The Balaban J connectivity index is 0.00000288. The van der Waals surface area contributed by atoms with Gasteiger partial charge in [0.25, 0.3) is 5.91 Å². The van der Waals surface area contributed by atoms with E-state index in [0.717, 1.165) is 36.4 Å². The first-order chi connectivity index (χ1) is 11.0. The highest BCUT2D eigenvalue weighted by atomic mass is 35.5. The Morgan fingerprint density at radius 2 is 1.58 bits per heavy atom. The molecular weight excluding hydrogens is 320 g/mol. The van der Waals surface area contributed by atoms with E-state index in [1.165, 1.54) is 5.56 Å². The number of anilines is 1. The van der Waals surface area contributed by atoms with Gasteiger partial charge in [-0.25, -0.2) is 0 Å². The number of rotatable bonds is 6. The molecule has 1 amide bonds. The van der Waals surface area contributed by atoms with Crippen LogP contribution in [0.2, 0.25) is 0 Å². The average molecular weight is 347 g/mol. The molecule has 0 aliphatic heterocycles. The van der Waals surface area contributed by atoms with Crippen LogP contribution in [0.1, 0.15) is 40.9 Å². The second-order valence-electron chi connectivity index (χ2n) is 5.88. The number of para-hydroxylation sites is 1. The molecule has 0 bridgehead atoms. The molecule has 2 aromatic rings. The minimum atomic E-state index is -0.0520. The molecule has 130 valence electrons. The lowest BCUT2D eigenvalue weighted by Gasteiger charge is -2.18. The fourth-order valence-corrected chi connectivity index (χ4v) is 2.71. The van der Waals surface area contributed by atoms with Crippen molar-refractivity contribution < 1.29 is 4.79 Å². The molecule has 0 atom stereocenters. The fraction of sp³-hybridized carbons (Fsp3) is 0.350. The first-order valence-electron chi connectivity index (χ1n) is 8.24. The number of nitrogens with zero attached hydrogens (tertiary/aromatic N) is 1. The predicted octanol–water partition coefficient (Wildman–Crippen LogP) is 4.82. The minimum Gasteiger partial charge on any atom is -0.322 e. The van der Waals surface area contributed by atoms with E-state index in [4.69, 9.17) is 0 Å². The number of hydrogen-bond acceptors (Lipinski definition) is 2. The van der Waals surface area contributed by atoms with Gasteiger partial charge in [-0.2, -0.15) is 0 Å². The normalized spacial score (nSPS) is 10.4. The standard InChI is InChI=1S/C20H26N2O.ClH/c1-5-22(6-2)14-17-11-8-12-18(13-17)20(23)21-19-15(3)9-7-10-16(19)4;/h7-13H,5-6,14H2,1-4H3,(H,21,23);1H. The predicted molar refractivity (Wildman–Crippen MR) is 104 cm³/mol. The van der Waals surface area contributed by atoms with Crippen molar-refractivity contribution in [1.82, 2.24) is 4.90 Å². The number of carbonyl (C=O) groups excluding carboxylic acids is 1. The fourth-order valence-electron chi connectivity index (χ4n) is 2.71. The Morgan fingerprint density at radius 3 is 2.17 bits per heavy atom. The zero-order chi connectivity index (χ0) is 16.8. The Kier molecular flexibility index (Phi) is 7.96. The highest BCUT2D eigenvalue weighted by Gasteiger charge is 2.10. The van der Waals surface area contributed by atoms with Gasteiger partial charge in [0.05, 0.1) is 0 Å². The molecule has 0 aliphatic rings. The molecule has 0 heterocycles. The Morgan fingerprint density at radius 1 is 1.00 bits per heavy atom. The van der Waals surface area contributed by atoms with Crippen molar-refractivity contribution in [3.8, 4) is 0 Å². The zero-order valence-corrected chi connectivity index (χ0v) is 15.7. The van der Waals surface area contributed by atoms with E-state index in [9.17, 15) is 4.79 Å². The van der Waals surface area contributed by atoms with Crippen LogP contribution in [0.15, 0.2) is 42.5 Å². The van der Waals surface area contributed by atoms with Crippen LogP contribution in [0.3, 0.4) is 0 Å². The van der Waals surface area contributed by atoms with Gasteiger partial charge in [0.2, 0.25) is 0 Å². The topological polar surface area (TPSA) is 32.3 Å². The van der Waals surface area contributed by atoms with E-state index < -0.39 is 0 Å². The van der Waals surface area contributed by atoms with Crippen molar-refractivity contribution in [3.63, 3.8) is 0 Å². The Hall–Kier alpha value is -1.84. The molecule has 3 nitrogen and oxygen atoms in total. The molecule has 0 saturated carbocycles. The monoisotopic (exact) mass is 346 g/mol. The summed E-state index contributed by atoms with van der Waals surface area (Å²) >= 11 is 0. The Bertz CT molecular complexity index is 661. The van der Waals surface area contributed by atoms with Crippen molar-refractivity contribution in [3.05, 3.63) is 64.7 Å². The van der Waals surface area contributed by atoms with Gasteiger partial charge in [-0.15, -0.1) is 12.4 Å². The number of nitrogens with one attached hydrogen (secondary N) is 1. The van der Waals surface area contributed by atoms with Crippen LogP contribution in [-0.2, 0) is 6.54 Å². The van der Waals surface area contributed by atoms with Crippen molar-refractivity contribution >= 4 is 24.0 Å². The summed E-state index contributed by atoms with van der Waals surface area (Å²) in [6.07, 6.45) is 0. The van der Waals surface area contributed by atoms with Crippen molar-refractivity contribution in [2.24, 2.45) is 0 Å². The largest absolute Gasteiger partial charge is 0.322 e. The molecule has 0 fully saturated rings. The molecule has 24 heavy (non-hydrogen) atoms. The molecule has 0 saturated heterocycles. The number of amides is 1. The molecule has 2 aromatic carbocycles. The number of halogens is 1. The van der Waals surface area contributed by atoms with E-state index in [2.05, 4.69) is 30.1 Å². The lowest BCUT2D eigenvalue weighted by Crippen LogP contribution is -2.22. The van der Waals surface area contributed by atoms with Crippen LogP contribution in [-0.4, -0.2) is 23.9 Å². The SMILES string of the molecule is CCN(CC)Cc1cccc(C(=O)Nc2c(C)cccc2C)c1.Cl. The molecule has 0 unspecified atom stereocenters.